The Morgan fingerprint density at radius 1 is 1.39 bits per heavy atom. The molecule has 3 N–H and O–H groups in total. The lowest BCUT2D eigenvalue weighted by Crippen LogP contribution is -2.27. The summed E-state index contributed by atoms with van der Waals surface area (Å²) in [4.78, 5) is 0. The van der Waals surface area contributed by atoms with Gasteiger partial charge in [-0.1, -0.05) is 12.1 Å². The minimum absolute atomic E-state index is 0. The van der Waals surface area contributed by atoms with E-state index in [-0.39, 0.29) is 18.2 Å². The first-order valence-corrected chi connectivity index (χ1v) is 6.89. The SMILES string of the molecule is Cl.N#Cc1cccc(CS(=O)(=O)NCCCN)c1. The maximum atomic E-state index is 11.6. The van der Waals surface area contributed by atoms with Gasteiger partial charge in [0, 0.05) is 6.54 Å². The van der Waals surface area contributed by atoms with E-state index < -0.39 is 10.0 Å². The molecule has 0 unspecified atom stereocenters. The van der Waals surface area contributed by atoms with Gasteiger partial charge in [-0.05, 0) is 30.7 Å². The number of hydrogen-bond donors (Lipinski definition) is 2. The number of nitrogens with zero attached hydrogens (tertiary/aromatic N) is 1. The second kappa shape index (κ2) is 8.06. The number of nitrogens with two attached hydrogens (primary N) is 1. The average molecular weight is 290 g/mol. The molecule has 0 atom stereocenters. The van der Waals surface area contributed by atoms with E-state index in [0.717, 1.165) is 0 Å². The second-order valence-corrected chi connectivity index (χ2v) is 5.41. The third-order valence-electron chi connectivity index (χ3n) is 2.12. The Morgan fingerprint density at radius 3 is 2.72 bits per heavy atom. The molecule has 0 saturated heterocycles. The fraction of sp³-hybridized carbons (Fsp3) is 0.364. The van der Waals surface area contributed by atoms with Gasteiger partial charge in [0.1, 0.15) is 0 Å². The molecule has 1 aromatic rings. The number of rotatable bonds is 6. The number of sulfonamides is 1. The molecule has 0 heterocycles. The number of benzene rings is 1. The first-order valence-electron chi connectivity index (χ1n) is 5.24. The number of halogens is 1. The highest BCUT2D eigenvalue weighted by Gasteiger charge is 2.10. The van der Waals surface area contributed by atoms with Crippen LogP contribution in [0, 0.1) is 11.3 Å². The van der Waals surface area contributed by atoms with Gasteiger partial charge in [0.25, 0.3) is 0 Å². The van der Waals surface area contributed by atoms with Crippen molar-refractivity contribution < 1.29 is 8.42 Å². The summed E-state index contributed by atoms with van der Waals surface area (Å²) in [5, 5.41) is 8.70. The molecule has 0 bridgehead atoms. The van der Waals surface area contributed by atoms with E-state index >= 15 is 0 Å². The maximum absolute atomic E-state index is 11.6. The summed E-state index contributed by atoms with van der Waals surface area (Å²) in [5.41, 5.74) is 6.34. The summed E-state index contributed by atoms with van der Waals surface area (Å²) < 4.78 is 25.7. The Bertz CT molecular complexity index is 511. The predicted octanol–water partition coefficient (Wildman–Crippen LogP) is 0.748. The quantitative estimate of drug-likeness (QED) is 0.755. The van der Waals surface area contributed by atoms with E-state index in [0.29, 0.717) is 30.6 Å². The van der Waals surface area contributed by atoms with Gasteiger partial charge in [0.15, 0.2) is 0 Å². The zero-order valence-electron chi connectivity index (χ0n) is 9.80. The lowest BCUT2D eigenvalue weighted by molar-refractivity contribution is 0.578. The van der Waals surface area contributed by atoms with Gasteiger partial charge < -0.3 is 5.73 Å². The highest BCUT2D eigenvalue weighted by atomic mass is 35.5. The van der Waals surface area contributed by atoms with Crippen molar-refractivity contribution >= 4 is 22.4 Å². The summed E-state index contributed by atoms with van der Waals surface area (Å²) in [6.07, 6.45) is 0.609. The van der Waals surface area contributed by atoms with Crippen molar-refractivity contribution in [3.63, 3.8) is 0 Å². The standard InChI is InChI=1S/C11H15N3O2S.ClH/c12-5-2-6-14-17(15,16)9-11-4-1-3-10(7-11)8-13;/h1,3-4,7,14H,2,5-6,9,12H2;1H. The zero-order chi connectivity index (χ0) is 12.7. The molecule has 0 aliphatic rings. The van der Waals surface area contributed by atoms with Gasteiger partial charge in [-0.25, -0.2) is 13.1 Å². The lowest BCUT2D eigenvalue weighted by atomic mass is 10.2. The predicted molar refractivity (Wildman–Crippen MR) is 72.7 cm³/mol. The highest BCUT2D eigenvalue weighted by molar-refractivity contribution is 7.88. The maximum Gasteiger partial charge on any atom is 0.215 e. The third kappa shape index (κ3) is 5.98. The van der Waals surface area contributed by atoms with Crippen LogP contribution in [0.25, 0.3) is 0 Å². The Kier molecular flexibility index (Phi) is 7.55. The van der Waals surface area contributed by atoms with Gasteiger partial charge in [-0.2, -0.15) is 5.26 Å². The molecule has 0 radical (unpaired) electrons. The van der Waals surface area contributed by atoms with Crippen molar-refractivity contribution in [2.75, 3.05) is 13.1 Å². The molecule has 1 rings (SSSR count). The molecule has 0 aliphatic heterocycles. The molecule has 0 saturated carbocycles. The Morgan fingerprint density at radius 2 is 2.11 bits per heavy atom. The van der Waals surface area contributed by atoms with Crippen molar-refractivity contribution in [3.05, 3.63) is 35.4 Å². The largest absolute Gasteiger partial charge is 0.330 e. The highest BCUT2D eigenvalue weighted by Crippen LogP contribution is 2.07. The minimum Gasteiger partial charge on any atom is -0.330 e. The molecule has 100 valence electrons. The van der Waals surface area contributed by atoms with Crippen LogP contribution in [0.2, 0.25) is 0 Å². The molecule has 0 aromatic heterocycles. The molecule has 5 nitrogen and oxygen atoms in total. The van der Waals surface area contributed by atoms with Gasteiger partial charge >= 0.3 is 0 Å². The summed E-state index contributed by atoms with van der Waals surface area (Å²) in [7, 11) is -3.35. The van der Waals surface area contributed by atoms with E-state index in [9.17, 15) is 8.42 Å². The molecular weight excluding hydrogens is 274 g/mol. The summed E-state index contributed by atoms with van der Waals surface area (Å²) in [5.74, 6) is -0.118. The topological polar surface area (TPSA) is 96.0 Å². The monoisotopic (exact) mass is 289 g/mol. The smallest absolute Gasteiger partial charge is 0.215 e. The molecular formula is C11H16ClN3O2S. The van der Waals surface area contributed by atoms with Crippen LogP contribution in [0.15, 0.2) is 24.3 Å². The molecule has 0 spiro atoms. The summed E-state index contributed by atoms with van der Waals surface area (Å²) in [6, 6.07) is 8.54. The zero-order valence-corrected chi connectivity index (χ0v) is 11.4. The number of nitriles is 1. The van der Waals surface area contributed by atoms with Crippen LogP contribution in [0.3, 0.4) is 0 Å². The van der Waals surface area contributed by atoms with Gasteiger partial charge in [-0.15, -0.1) is 12.4 Å². The summed E-state index contributed by atoms with van der Waals surface area (Å²) in [6.45, 7) is 0.795. The Labute approximate surface area is 113 Å². The molecule has 7 heteroatoms. The van der Waals surface area contributed by atoms with E-state index in [1.807, 2.05) is 6.07 Å². The van der Waals surface area contributed by atoms with E-state index in [2.05, 4.69) is 4.72 Å². The van der Waals surface area contributed by atoms with Crippen LogP contribution < -0.4 is 10.5 Å². The van der Waals surface area contributed by atoms with Crippen LogP contribution in [-0.4, -0.2) is 21.5 Å². The second-order valence-electron chi connectivity index (χ2n) is 3.61. The van der Waals surface area contributed by atoms with Crippen molar-refractivity contribution in [2.24, 2.45) is 5.73 Å². The van der Waals surface area contributed by atoms with Gasteiger partial charge in [0.05, 0.1) is 17.4 Å². The Hall–Kier alpha value is -1.13. The van der Waals surface area contributed by atoms with Gasteiger partial charge in [-0.3, -0.25) is 0 Å². The molecule has 0 amide bonds. The summed E-state index contributed by atoms with van der Waals surface area (Å²) >= 11 is 0. The van der Waals surface area contributed by atoms with Crippen molar-refractivity contribution in [1.82, 2.24) is 4.72 Å². The first kappa shape index (κ1) is 16.9. The van der Waals surface area contributed by atoms with Crippen LogP contribution in [0.5, 0.6) is 0 Å². The minimum atomic E-state index is -3.35. The number of hydrogen-bond acceptors (Lipinski definition) is 4. The van der Waals surface area contributed by atoms with Crippen LogP contribution in [0.1, 0.15) is 17.5 Å². The fourth-order valence-corrected chi connectivity index (χ4v) is 2.51. The Balaban J connectivity index is 0.00000289. The molecule has 1 aromatic carbocycles. The van der Waals surface area contributed by atoms with Crippen LogP contribution in [-0.2, 0) is 15.8 Å². The van der Waals surface area contributed by atoms with E-state index in [4.69, 9.17) is 11.0 Å². The normalized spacial score (nSPS) is 10.4. The molecule has 0 aliphatic carbocycles. The number of nitrogens with one attached hydrogen (secondary N) is 1. The van der Waals surface area contributed by atoms with E-state index in [1.165, 1.54) is 0 Å². The van der Waals surface area contributed by atoms with Crippen molar-refractivity contribution in [2.45, 2.75) is 12.2 Å². The first-order chi connectivity index (χ1) is 8.07. The van der Waals surface area contributed by atoms with E-state index in [1.54, 1.807) is 24.3 Å². The lowest BCUT2D eigenvalue weighted by Gasteiger charge is -2.06. The third-order valence-corrected chi connectivity index (χ3v) is 3.47. The van der Waals surface area contributed by atoms with Crippen LogP contribution in [0.4, 0.5) is 0 Å². The van der Waals surface area contributed by atoms with Crippen molar-refractivity contribution in [3.8, 4) is 6.07 Å². The molecule has 0 fully saturated rings. The van der Waals surface area contributed by atoms with Gasteiger partial charge in [0.2, 0.25) is 10.0 Å². The molecule has 18 heavy (non-hydrogen) atoms. The van der Waals surface area contributed by atoms with Crippen LogP contribution >= 0.6 is 12.4 Å². The average Bonchev–Trinajstić information content (AvgIpc) is 2.29. The fourth-order valence-electron chi connectivity index (χ4n) is 1.33. The van der Waals surface area contributed by atoms with Crippen molar-refractivity contribution in [1.29, 1.82) is 5.26 Å².